The molecule has 1 aromatic heterocycles. The second kappa shape index (κ2) is 7.98. The van der Waals surface area contributed by atoms with E-state index in [0.29, 0.717) is 17.3 Å². The zero-order chi connectivity index (χ0) is 20.2. The monoisotopic (exact) mass is 384 g/mol. The van der Waals surface area contributed by atoms with Crippen molar-refractivity contribution in [2.24, 2.45) is 0 Å². The fourth-order valence-electron chi connectivity index (χ4n) is 2.98. The Morgan fingerprint density at radius 2 is 1.66 bits per heavy atom. The SMILES string of the molecule is COc1ccc(Nc2nc(Nc3cccc(C(C)=O)c3)nc3ccccc23)cc1. The molecule has 0 atom stereocenters. The average Bonchev–Trinajstić information content (AvgIpc) is 2.74. The lowest BCUT2D eigenvalue weighted by atomic mass is 10.1. The largest absolute Gasteiger partial charge is 0.497 e. The van der Waals surface area contributed by atoms with Crippen LogP contribution < -0.4 is 15.4 Å². The highest BCUT2D eigenvalue weighted by molar-refractivity contribution is 5.95. The van der Waals surface area contributed by atoms with Crippen molar-refractivity contribution in [3.8, 4) is 5.75 Å². The van der Waals surface area contributed by atoms with E-state index in [4.69, 9.17) is 4.74 Å². The molecule has 0 bridgehead atoms. The Hall–Kier alpha value is -3.93. The van der Waals surface area contributed by atoms with E-state index in [-0.39, 0.29) is 5.78 Å². The number of Topliss-reactive ketones (excluding diaryl/α,β-unsaturated/α-hetero) is 1. The Morgan fingerprint density at radius 3 is 2.41 bits per heavy atom. The van der Waals surface area contributed by atoms with Crippen molar-refractivity contribution in [1.29, 1.82) is 0 Å². The number of hydrogen-bond donors (Lipinski definition) is 2. The highest BCUT2D eigenvalue weighted by Gasteiger charge is 2.09. The van der Waals surface area contributed by atoms with Gasteiger partial charge in [0.1, 0.15) is 11.6 Å². The molecular formula is C23H20N4O2. The first kappa shape index (κ1) is 18.4. The molecule has 6 nitrogen and oxygen atoms in total. The molecule has 29 heavy (non-hydrogen) atoms. The molecule has 3 aromatic carbocycles. The van der Waals surface area contributed by atoms with Crippen molar-refractivity contribution in [2.75, 3.05) is 17.7 Å². The number of nitrogens with zero attached hydrogens (tertiary/aromatic N) is 2. The van der Waals surface area contributed by atoms with Gasteiger partial charge in [-0.15, -0.1) is 0 Å². The summed E-state index contributed by atoms with van der Waals surface area (Å²) in [5.74, 6) is 1.93. The number of aromatic nitrogens is 2. The molecule has 0 aliphatic carbocycles. The molecule has 144 valence electrons. The van der Waals surface area contributed by atoms with E-state index < -0.39 is 0 Å². The first-order valence-corrected chi connectivity index (χ1v) is 9.18. The summed E-state index contributed by atoms with van der Waals surface area (Å²) in [4.78, 5) is 20.9. The quantitative estimate of drug-likeness (QED) is 0.438. The second-order valence-electron chi connectivity index (χ2n) is 6.53. The van der Waals surface area contributed by atoms with E-state index in [1.807, 2.05) is 60.7 Å². The van der Waals surface area contributed by atoms with E-state index in [9.17, 15) is 4.79 Å². The molecule has 0 saturated carbocycles. The van der Waals surface area contributed by atoms with Crippen LogP contribution in [0.1, 0.15) is 17.3 Å². The van der Waals surface area contributed by atoms with Crippen molar-refractivity contribution in [2.45, 2.75) is 6.92 Å². The normalized spacial score (nSPS) is 10.6. The summed E-state index contributed by atoms with van der Waals surface area (Å²) in [6, 6.07) is 22.7. The van der Waals surface area contributed by atoms with Crippen LogP contribution in [-0.4, -0.2) is 22.9 Å². The third kappa shape index (κ3) is 4.16. The van der Waals surface area contributed by atoms with Crippen LogP contribution in [0.25, 0.3) is 10.9 Å². The number of rotatable bonds is 6. The molecule has 2 N–H and O–H groups in total. The molecule has 4 aromatic rings. The average molecular weight is 384 g/mol. The first-order chi connectivity index (χ1) is 14.1. The Balaban J connectivity index is 1.70. The van der Waals surface area contributed by atoms with Gasteiger partial charge in [0.05, 0.1) is 12.6 Å². The number of nitrogens with one attached hydrogen (secondary N) is 2. The summed E-state index contributed by atoms with van der Waals surface area (Å²) >= 11 is 0. The highest BCUT2D eigenvalue weighted by Crippen LogP contribution is 2.27. The van der Waals surface area contributed by atoms with Gasteiger partial charge in [-0.25, -0.2) is 4.98 Å². The fourth-order valence-corrected chi connectivity index (χ4v) is 2.98. The zero-order valence-corrected chi connectivity index (χ0v) is 16.1. The number of benzene rings is 3. The Bertz CT molecular complexity index is 1170. The van der Waals surface area contributed by atoms with E-state index in [0.717, 1.165) is 28.0 Å². The molecule has 4 rings (SSSR count). The van der Waals surface area contributed by atoms with E-state index in [1.54, 1.807) is 26.2 Å². The summed E-state index contributed by atoms with van der Waals surface area (Å²) in [6.07, 6.45) is 0. The van der Waals surface area contributed by atoms with Crippen LogP contribution >= 0.6 is 0 Å². The van der Waals surface area contributed by atoms with Crippen molar-refractivity contribution < 1.29 is 9.53 Å². The fraction of sp³-hybridized carbons (Fsp3) is 0.0870. The number of ketones is 1. The van der Waals surface area contributed by atoms with E-state index in [2.05, 4.69) is 20.6 Å². The minimum atomic E-state index is 0.00920. The Kier molecular flexibility index (Phi) is 5.07. The Morgan fingerprint density at radius 1 is 0.862 bits per heavy atom. The smallest absolute Gasteiger partial charge is 0.229 e. The minimum absolute atomic E-state index is 0.00920. The van der Waals surface area contributed by atoms with Gasteiger partial charge in [0, 0.05) is 22.3 Å². The van der Waals surface area contributed by atoms with E-state index in [1.165, 1.54) is 0 Å². The predicted molar refractivity (Wildman–Crippen MR) is 116 cm³/mol. The van der Waals surface area contributed by atoms with Crippen LogP contribution in [-0.2, 0) is 0 Å². The summed E-state index contributed by atoms with van der Waals surface area (Å²) in [6.45, 7) is 1.54. The van der Waals surface area contributed by atoms with Gasteiger partial charge in [-0.05, 0) is 55.5 Å². The van der Waals surface area contributed by atoms with Crippen molar-refractivity contribution in [3.63, 3.8) is 0 Å². The van der Waals surface area contributed by atoms with Gasteiger partial charge in [-0.3, -0.25) is 4.79 Å². The van der Waals surface area contributed by atoms with Gasteiger partial charge in [0.2, 0.25) is 5.95 Å². The number of fused-ring (bicyclic) bond motifs is 1. The van der Waals surface area contributed by atoms with Crippen LogP contribution in [0, 0.1) is 0 Å². The maximum Gasteiger partial charge on any atom is 0.229 e. The van der Waals surface area contributed by atoms with Crippen LogP contribution in [0.15, 0.2) is 72.8 Å². The standard InChI is InChI=1S/C23H20N4O2/c1-15(28)16-6-5-7-18(14-16)25-23-26-21-9-4-3-8-20(21)22(27-23)24-17-10-12-19(29-2)13-11-17/h3-14H,1-2H3,(H2,24,25,26,27). The number of methoxy groups -OCH3 is 1. The van der Waals surface area contributed by atoms with Crippen molar-refractivity contribution >= 4 is 39.8 Å². The number of anilines is 4. The zero-order valence-electron chi connectivity index (χ0n) is 16.1. The number of carbonyl (C=O) groups is 1. The molecule has 0 amide bonds. The number of hydrogen-bond acceptors (Lipinski definition) is 6. The van der Waals surface area contributed by atoms with Gasteiger partial charge >= 0.3 is 0 Å². The molecule has 0 saturated heterocycles. The third-order valence-electron chi connectivity index (χ3n) is 4.48. The Labute approximate surface area is 168 Å². The summed E-state index contributed by atoms with van der Waals surface area (Å²) in [5, 5.41) is 7.46. The van der Waals surface area contributed by atoms with Gasteiger partial charge < -0.3 is 15.4 Å². The van der Waals surface area contributed by atoms with Crippen LogP contribution in [0.2, 0.25) is 0 Å². The van der Waals surface area contributed by atoms with Crippen LogP contribution in [0.4, 0.5) is 23.1 Å². The maximum atomic E-state index is 11.6. The molecule has 1 heterocycles. The molecule has 0 fully saturated rings. The number of ether oxygens (including phenoxy) is 1. The molecular weight excluding hydrogens is 364 g/mol. The number of para-hydroxylation sites is 1. The minimum Gasteiger partial charge on any atom is -0.497 e. The summed E-state index contributed by atoms with van der Waals surface area (Å²) in [7, 11) is 1.64. The summed E-state index contributed by atoms with van der Waals surface area (Å²) in [5.41, 5.74) is 3.08. The van der Waals surface area contributed by atoms with Gasteiger partial charge in [0.15, 0.2) is 5.78 Å². The summed E-state index contributed by atoms with van der Waals surface area (Å²) < 4.78 is 5.21. The number of carbonyl (C=O) groups excluding carboxylic acids is 1. The van der Waals surface area contributed by atoms with Gasteiger partial charge in [-0.2, -0.15) is 4.98 Å². The van der Waals surface area contributed by atoms with Crippen LogP contribution in [0.5, 0.6) is 5.75 Å². The predicted octanol–water partition coefficient (Wildman–Crippen LogP) is 5.33. The van der Waals surface area contributed by atoms with Crippen molar-refractivity contribution in [1.82, 2.24) is 9.97 Å². The van der Waals surface area contributed by atoms with Crippen molar-refractivity contribution in [3.05, 3.63) is 78.4 Å². The maximum absolute atomic E-state index is 11.6. The topological polar surface area (TPSA) is 76.1 Å². The molecule has 0 aliphatic rings. The molecule has 0 spiro atoms. The lowest BCUT2D eigenvalue weighted by Crippen LogP contribution is -2.03. The second-order valence-corrected chi connectivity index (χ2v) is 6.53. The third-order valence-corrected chi connectivity index (χ3v) is 4.48. The molecule has 6 heteroatoms. The lowest BCUT2D eigenvalue weighted by molar-refractivity contribution is 0.101. The first-order valence-electron chi connectivity index (χ1n) is 9.18. The highest BCUT2D eigenvalue weighted by atomic mass is 16.5. The molecule has 0 aliphatic heterocycles. The molecule has 0 unspecified atom stereocenters. The molecule has 0 radical (unpaired) electrons. The van der Waals surface area contributed by atoms with E-state index >= 15 is 0 Å². The van der Waals surface area contributed by atoms with Crippen LogP contribution in [0.3, 0.4) is 0 Å². The lowest BCUT2D eigenvalue weighted by Gasteiger charge is -2.12. The van der Waals surface area contributed by atoms with Gasteiger partial charge in [0.25, 0.3) is 0 Å². The van der Waals surface area contributed by atoms with Gasteiger partial charge in [-0.1, -0.05) is 24.3 Å².